The van der Waals surface area contributed by atoms with Gasteiger partial charge in [0.25, 0.3) is 0 Å². The zero-order chi connectivity index (χ0) is 12.9. The van der Waals surface area contributed by atoms with E-state index in [2.05, 4.69) is 6.92 Å². The number of rotatable bonds is 12. The molecular weight excluding hydrogens is 232 g/mol. The lowest BCUT2D eigenvalue weighted by Crippen LogP contribution is -2.12. The Kier molecular flexibility index (Phi) is 12.2. The average Bonchev–Trinajstić information content (AvgIpc) is 2.31. The third-order valence-electron chi connectivity index (χ3n) is 3.10. The molecule has 1 unspecified atom stereocenters. The van der Waals surface area contributed by atoms with E-state index in [1.807, 2.05) is 0 Å². The van der Waals surface area contributed by atoms with Gasteiger partial charge in [0.15, 0.2) is 0 Å². The number of carbonyl (C=O) groups is 1. The van der Waals surface area contributed by atoms with Gasteiger partial charge in [0.2, 0.25) is 0 Å². The number of hydrogen-bond acceptors (Lipinski definition) is 1. The highest BCUT2D eigenvalue weighted by atomic mass is 32.1. The lowest BCUT2D eigenvalue weighted by molar-refractivity contribution is -0.136. The van der Waals surface area contributed by atoms with Crippen molar-refractivity contribution >= 4 is 18.6 Å². The molecule has 0 fully saturated rings. The van der Waals surface area contributed by atoms with Crippen molar-refractivity contribution in [1.29, 1.82) is 0 Å². The number of carboxylic acids is 1. The van der Waals surface area contributed by atoms with Gasteiger partial charge in [0.1, 0.15) is 5.25 Å². The Bertz CT molecular complexity index is 183. The van der Waals surface area contributed by atoms with Crippen molar-refractivity contribution in [2.45, 2.75) is 82.8 Å². The normalized spacial score (nSPS) is 12.6. The highest BCUT2D eigenvalue weighted by molar-refractivity contribution is 7.81. The second-order valence-corrected chi connectivity index (χ2v) is 5.37. The standard InChI is InChI=1S/C14H27O2S/c1-2-3-4-5-6-7-8-9-10-11-12-13(17)14(15)16/h13H,2-12H2,1H3,(H,15,16). The van der Waals surface area contributed by atoms with E-state index in [0.29, 0.717) is 6.42 Å². The van der Waals surface area contributed by atoms with Gasteiger partial charge in [-0.3, -0.25) is 4.79 Å². The van der Waals surface area contributed by atoms with E-state index < -0.39 is 11.2 Å². The molecule has 0 saturated carbocycles. The predicted octanol–water partition coefficient (Wildman–Crippen LogP) is 4.95. The van der Waals surface area contributed by atoms with Crippen molar-refractivity contribution in [3.63, 3.8) is 0 Å². The monoisotopic (exact) mass is 259 g/mol. The molecule has 3 heteroatoms. The molecule has 0 bridgehead atoms. The maximum absolute atomic E-state index is 10.5. The third-order valence-corrected chi connectivity index (χ3v) is 3.53. The minimum Gasteiger partial charge on any atom is -0.480 e. The second-order valence-electron chi connectivity index (χ2n) is 4.80. The van der Waals surface area contributed by atoms with E-state index in [9.17, 15) is 4.79 Å². The molecule has 0 aromatic carbocycles. The fraction of sp³-hybridized carbons (Fsp3) is 0.929. The summed E-state index contributed by atoms with van der Waals surface area (Å²) >= 11 is 4.82. The van der Waals surface area contributed by atoms with Gasteiger partial charge in [-0.1, -0.05) is 83.8 Å². The van der Waals surface area contributed by atoms with Gasteiger partial charge in [-0.25, -0.2) is 0 Å². The summed E-state index contributed by atoms with van der Waals surface area (Å²) in [4.78, 5) is 10.5. The highest BCUT2D eigenvalue weighted by Gasteiger charge is 2.11. The Balaban J connectivity index is 3.06. The van der Waals surface area contributed by atoms with Crippen molar-refractivity contribution in [2.75, 3.05) is 0 Å². The van der Waals surface area contributed by atoms with Crippen LogP contribution in [0.2, 0.25) is 0 Å². The predicted molar refractivity (Wildman–Crippen MR) is 75.5 cm³/mol. The smallest absolute Gasteiger partial charge is 0.317 e. The van der Waals surface area contributed by atoms with Crippen molar-refractivity contribution < 1.29 is 9.90 Å². The molecule has 0 saturated heterocycles. The van der Waals surface area contributed by atoms with Gasteiger partial charge in [-0.15, -0.1) is 0 Å². The quantitative estimate of drug-likeness (QED) is 0.504. The van der Waals surface area contributed by atoms with Crippen LogP contribution in [0.3, 0.4) is 0 Å². The summed E-state index contributed by atoms with van der Waals surface area (Å²) in [6.45, 7) is 2.24. The van der Waals surface area contributed by atoms with Crippen molar-refractivity contribution in [1.82, 2.24) is 0 Å². The Morgan fingerprint density at radius 2 is 1.35 bits per heavy atom. The molecule has 1 N–H and O–H groups in total. The summed E-state index contributed by atoms with van der Waals surface area (Å²) in [5, 5.41) is 8.04. The van der Waals surface area contributed by atoms with Crippen LogP contribution in [0.4, 0.5) is 0 Å². The lowest BCUT2D eigenvalue weighted by atomic mass is 10.1. The van der Waals surface area contributed by atoms with E-state index in [1.54, 1.807) is 0 Å². The van der Waals surface area contributed by atoms with Gasteiger partial charge in [-0.05, 0) is 6.42 Å². The minimum absolute atomic E-state index is 0.580. The molecule has 101 valence electrons. The molecule has 0 aromatic rings. The van der Waals surface area contributed by atoms with Crippen molar-refractivity contribution in [3.05, 3.63) is 0 Å². The molecule has 0 spiro atoms. The van der Waals surface area contributed by atoms with Crippen LogP contribution in [0.15, 0.2) is 0 Å². The second kappa shape index (κ2) is 12.3. The number of carboxylic acid groups (broad SMARTS) is 1. The molecule has 1 atom stereocenters. The van der Waals surface area contributed by atoms with Crippen LogP contribution in [0.1, 0.15) is 77.6 Å². The van der Waals surface area contributed by atoms with Crippen LogP contribution in [0, 0.1) is 0 Å². The Morgan fingerprint density at radius 3 is 1.76 bits per heavy atom. The van der Waals surface area contributed by atoms with Crippen LogP contribution in [0.25, 0.3) is 0 Å². The molecule has 0 heterocycles. The maximum Gasteiger partial charge on any atom is 0.317 e. The van der Waals surface area contributed by atoms with E-state index in [-0.39, 0.29) is 0 Å². The molecule has 17 heavy (non-hydrogen) atoms. The van der Waals surface area contributed by atoms with Gasteiger partial charge in [0.05, 0.1) is 0 Å². The third kappa shape index (κ3) is 12.1. The van der Waals surface area contributed by atoms with Crippen LogP contribution in [-0.2, 0) is 4.79 Å². The van der Waals surface area contributed by atoms with Crippen LogP contribution in [-0.4, -0.2) is 16.3 Å². The fourth-order valence-corrected chi connectivity index (χ4v) is 2.11. The Labute approximate surface area is 112 Å². The first-order valence-electron chi connectivity index (χ1n) is 7.07. The molecule has 1 radical (unpaired) electrons. The number of aliphatic carboxylic acids is 1. The Hall–Kier alpha value is -0.180. The molecule has 0 aliphatic carbocycles. The topological polar surface area (TPSA) is 37.3 Å². The van der Waals surface area contributed by atoms with Crippen LogP contribution in [0.5, 0.6) is 0 Å². The first-order chi connectivity index (χ1) is 8.18. The first-order valence-corrected chi connectivity index (χ1v) is 7.54. The maximum atomic E-state index is 10.5. The fourth-order valence-electron chi connectivity index (χ4n) is 1.94. The van der Waals surface area contributed by atoms with E-state index in [0.717, 1.165) is 12.8 Å². The minimum atomic E-state index is -0.837. The van der Waals surface area contributed by atoms with Crippen LogP contribution < -0.4 is 0 Å². The zero-order valence-electron chi connectivity index (χ0n) is 11.1. The summed E-state index contributed by atoms with van der Waals surface area (Å²) < 4.78 is 0. The molecule has 0 amide bonds. The summed E-state index contributed by atoms with van der Waals surface area (Å²) in [5.74, 6) is -0.837. The van der Waals surface area contributed by atoms with E-state index in [1.165, 1.54) is 51.4 Å². The summed E-state index contributed by atoms with van der Waals surface area (Å²) in [6.07, 6.45) is 13.4. The lowest BCUT2D eigenvalue weighted by Gasteiger charge is -2.04. The highest BCUT2D eigenvalue weighted by Crippen LogP contribution is 2.13. The summed E-state index contributed by atoms with van der Waals surface area (Å²) in [6, 6.07) is 0. The van der Waals surface area contributed by atoms with E-state index >= 15 is 0 Å². The average molecular weight is 259 g/mol. The molecule has 0 aromatic heterocycles. The summed E-state index contributed by atoms with van der Waals surface area (Å²) in [5.41, 5.74) is 0. The van der Waals surface area contributed by atoms with Gasteiger partial charge < -0.3 is 5.11 Å². The number of unbranched alkanes of at least 4 members (excludes halogenated alkanes) is 9. The molecule has 0 rings (SSSR count). The zero-order valence-corrected chi connectivity index (χ0v) is 11.9. The molecule has 0 aliphatic heterocycles. The largest absolute Gasteiger partial charge is 0.480 e. The summed E-state index contributed by atoms with van der Waals surface area (Å²) in [7, 11) is 0. The van der Waals surface area contributed by atoms with Gasteiger partial charge in [0, 0.05) is 0 Å². The molecule has 2 nitrogen and oxygen atoms in total. The van der Waals surface area contributed by atoms with Gasteiger partial charge >= 0.3 is 5.97 Å². The molecule has 0 aliphatic rings. The SMILES string of the molecule is CCCCCCCCCCCCC([S])C(=O)O. The van der Waals surface area contributed by atoms with Gasteiger partial charge in [-0.2, -0.15) is 0 Å². The first kappa shape index (κ1) is 16.8. The number of hydrogen-bond donors (Lipinski definition) is 1. The van der Waals surface area contributed by atoms with Crippen LogP contribution >= 0.6 is 12.6 Å². The Morgan fingerprint density at radius 1 is 0.941 bits per heavy atom. The van der Waals surface area contributed by atoms with E-state index in [4.69, 9.17) is 17.7 Å². The van der Waals surface area contributed by atoms with Crippen molar-refractivity contribution in [3.8, 4) is 0 Å². The molecular formula is C14H27O2S. The van der Waals surface area contributed by atoms with Crippen molar-refractivity contribution in [2.24, 2.45) is 0 Å².